The summed E-state index contributed by atoms with van der Waals surface area (Å²) in [5.41, 5.74) is 0.520. The summed E-state index contributed by atoms with van der Waals surface area (Å²) in [6.45, 7) is 2.61. The van der Waals surface area contributed by atoms with Crippen LogP contribution < -0.4 is 9.47 Å². The zero-order valence-electron chi connectivity index (χ0n) is 11.2. The summed E-state index contributed by atoms with van der Waals surface area (Å²) in [6, 6.07) is 3.33. The van der Waals surface area contributed by atoms with Crippen LogP contribution in [0.25, 0.3) is 0 Å². The van der Waals surface area contributed by atoms with Crippen LogP contribution in [0.1, 0.15) is 23.1 Å². The van der Waals surface area contributed by atoms with Crippen molar-refractivity contribution in [3.05, 3.63) is 34.3 Å². The van der Waals surface area contributed by atoms with Gasteiger partial charge in [0.05, 0.1) is 11.1 Å². The molecule has 0 saturated carbocycles. The molecule has 2 aromatic rings. The Balaban J connectivity index is 2.25. The number of carbonyl (C=O) groups excluding carboxylic acids is 1. The van der Waals surface area contributed by atoms with E-state index >= 15 is 0 Å². The van der Waals surface area contributed by atoms with Crippen LogP contribution in [-0.4, -0.2) is 27.7 Å². The van der Waals surface area contributed by atoms with Gasteiger partial charge in [-0.3, -0.25) is 9.48 Å². The third-order valence-corrected chi connectivity index (χ3v) is 3.21. The van der Waals surface area contributed by atoms with Gasteiger partial charge >= 0.3 is 0 Å². The molecule has 7 heteroatoms. The summed E-state index contributed by atoms with van der Waals surface area (Å²) in [6.07, 6.45) is 2.23. The number of aldehydes is 1. The van der Waals surface area contributed by atoms with Gasteiger partial charge in [-0.15, -0.1) is 0 Å². The van der Waals surface area contributed by atoms with Crippen molar-refractivity contribution < 1.29 is 14.3 Å². The monoisotopic (exact) mass is 339 g/mol. The molecule has 1 aromatic heterocycles. The van der Waals surface area contributed by atoms with Gasteiger partial charge in [-0.25, -0.2) is 4.98 Å². The van der Waals surface area contributed by atoms with Gasteiger partial charge in [0.2, 0.25) is 0 Å². The molecule has 20 heavy (non-hydrogen) atoms. The lowest BCUT2D eigenvalue weighted by Gasteiger charge is -2.14. The molecule has 0 N–H and O–H groups in total. The lowest BCUT2D eigenvalue weighted by Crippen LogP contribution is -2.06. The fourth-order valence-corrected chi connectivity index (χ4v) is 2.22. The molecule has 0 saturated heterocycles. The van der Waals surface area contributed by atoms with E-state index in [0.29, 0.717) is 34.0 Å². The minimum absolute atomic E-state index is 0.260. The smallest absolute Gasteiger partial charge is 0.176 e. The first kappa shape index (κ1) is 14.5. The minimum atomic E-state index is 0.260. The SMILES string of the molecule is CCOc1cc(C=O)cc(Br)c1OCc1ncnn1C. The maximum absolute atomic E-state index is 10.9. The van der Waals surface area contributed by atoms with Crippen LogP contribution in [0.5, 0.6) is 11.5 Å². The van der Waals surface area contributed by atoms with Crippen molar-refractivity contribution in [2.24, 2.45) is 7.05 Å². The largest absolute Gasteiger partial charge is 0.490 e. The Bertz CT molecular complexity index is 613. The van der Waals surface area contributed by atoms with Crippen LogP contribution in [0.15, 0.2) is 22.9 Å². The predicted octanol–water partition coefficient (Wildman–Crippen LogP) is 2.37. The van der Waals surface area contributed by atoms with Crippen molar-refractivity contribution in [3.8, 4) is 11.5 Å². The molecule has 0 atom stereocenters. The number of carbonyl (C=O) groups is 1. The van der Waals surface area contributed by atoms with E-state index in [-0.39, 0.29) is 6.61 Å². The van der Waals surface area contributed by atoms with Crippen molar-refractivity contribution in [3.63, 3.8) is 0 Å². The number of hydrogen-bond acceptors (Lipinski definition) is 5. The topological polar surface area (TPSA) is 66.2 Å². The summed E-state index contributed by atoms with van der Waals surface area (Å²) >= 11 is 3.38. The molecule has 0 unspecified atom stereocenters. The minimum Gasteiger partial charge on any atom is -0.490 e. The normalized spacial score (nSPS) is 10.3. The second-order valence-electron chi connectivity index (χ2n) is 3.97. The molecule has 0 bridgehead atoms. The number of rotatable bonds is 6. The molecule has 0 amide bonds. The van der Waals surface area contributed by atoms with Crippen molar-refractivity contribution in [1.82, 2.24) is 14.8 Å². The van der Waals surface area contributed by atoms with Gasteiger partial charge in [0.15, 0.2) is 17.3 Å². The second kappa shape index (κ2) is 6.51. The molecule has 1 heterocycles. The number of ether oxygens (including phenoxy) is 2. The summed E-state index contributed by atoms with van der Waals surface area (Å²) in [7, 11) is 1.79. The van der Waals surface area contributed by atoms with Crippen molar-refractivity contribution >= 4 is 22.2 Å². The van der Waals surface area contributed by atoms with Crippen molar-refractivity contribution in [1.29, 1.82) is 0 Å². The summed E-state index contributed by atoms with van der Waals surface area (Å²) in [5.74, 6) is 1.76. The first-order valence-corrected chi connectivity index (χ1v) is 6.82. The molecule has 0 fully saturated rings. The van der Waals surface area contributed by atoms with Gasteiger partial charge in [0.25, 0.3) is 0 Å². The zero-order valence-corrected chi connectivity index (χ0v) is 12.8. The Morgan fingerprint density at radius 2 is 2.20 bits per heavy atom. The Labute approximate surface area is 124 Å². The first-order valence-electron chi connectivity index (χ1n) is 6.03. The van der Waals surface area contributed by atoms with E-state index in [2.05, 4.69) is 26.0 Å². The van der Waals surface area contributed by atoms with E-state index in [1.807, 2.05) is 6.92 Å². The third-order valence-electron chi connectivity index (χ3n) is 2.62. The highest BCUT2D eigenvalue weighted by Crippen LogP contribution is 2.37. The van der Waals surface area contributed by atoms with Gasteiger partial charge in [0.1, 0.15) is 19.2 Å². The molecular weight excluding hydrogens is 326 g/mol. The van der Waals surface area contributed by atoms with E-state index < -0.39 is 0 Å². The molecular formula is C13H14BrN3O3. The molecule has 0 aliphatic rings. The van der Waals surface area contributed by atoms with E-state index in [9.17, 15) is 4.79 Å². The lowest BCUT2D eigenvalue weighted by atomic mass is 10.2. The molecule has 0 spiro atoms. The average molecular weight is 340 g/mol. The highest BCUT2D eigenvalue weighted by Gasteiger charge is 2.13. The number of aryl methyl sites for hydroxylation is 1. The van der Waals surface area contributed by atoms with Crippen molar-refractivity contribution in [2.75, 3.05) is 6.61 Å². The Morgan fingerprint density at radius 3 is 2.80 bits per heavy atom. The summed E-state index contributed by atoms with van der Waals surface area (Å²) < 4.78 is 13.5. The maximum Gasteiger partial charge on any atom is 0.176 e. The predicted molar refractivity (Wildman–Crippen MR) is 76.0 cm³/mol. The molecule has 106 valence electrons. The van der Waals surface area contributed by atoms with Gasteiger partial charge in [-0.2, -0.15) is 5.10 Å². The average Bonchev–Trinajstić information content (AvgIpc) is 2.83. The number of benzene rings is 1. The fraction of sp³-hybridized carbons (Fsp3) is 0.308. The fourth-order valence-electron chi connectivity index (χ4n) is 1.65. The highest BCUT2D eigenvalue weighted by atomic mass is 79.9. The molecule has 6 nitrogen and oxygen atoms in total. The van der Waals surface area contributed by atoms with Crippen molar-refractivity contribution in [2.45, 2.75) is 13.5 Å². The number of halogens is 1. The van der Waals surface area contributed by atoms with Crippen LogP contribution in [-0.2, 0) is 13.7 Å². The Kier molecular flexibility index (Phi) is 4.73. The van der Waals surface area contributed by atoms with Crippen LogP contribution in [0.3, 0.4) is 0 Å². The van der Waals surface area contributed by atoms with E-state index in [1.165, 1.54) is 6.33 Å². The zero-order chi connectivity index (χ0) is 14.5. The van der Waals surface area contributed by atoms with E-state index in [1.54, 1.807) is 23.9 Å². The van der Waals surface area contributed by atoms with Crippen LogP contribution in [0.2, 0.25) is 0 Å². The highest BCUT2D eigenvalue weighted by molar-refractivity contribution is 9.10. The number of nitrogens with zero attached hydrogens (tertiary/aromatic N) is 3. The quantitative estimate of drug-likeness (QED) is 0.756. The lowest BCUT2D eigenvalue weighted by molar-refractivity contribution is 0.112. The van der Waals surface area contributed by atoms with Gasteiger partial charge < -0.3 is 9.47 Å². The molecule has 1 aromatic carbocycles. The Hall–Kier alpha value is -1.89. The summed E-state index contributed by atoms with van der Waals surface area (Å²) in [4.78, 5) is 15.0. The van der Waals surface area contributed by atoms with Gasteiger partial charge in [0, 0.05) is 12.6 Å². The second-order valence-corrected chi connectivity index (χ2v) is 4.82. The number of aromatic nitrogens is 3. The summed E-state index contributed by atoms with van der Waals surface area (Å²) in [5, 5.41) is 3.97. The van der Waals surface area contributed by atoms with E-state index in [0.717, 1.165) is 6.29 Å². The van der Waals surface area contributed by atoms with E-state index in [4.69, 9.17) is 9.47 Å². The molecule has 0 aliphatic carbocycles. The molecule has 2 rings (SSSR count). The molecule has 0 aliphatic heterocycles. The number of hydrogen-bond donors (Lipinski definition) is 0. The van der Waals surface area contributed by atoms with Crippen LogP contribution in [0.4, 0.5) is 0 Å². The standard InChI is InChI=1S/C13H14BrN3O3/c1-3-19-11-5-9(6-18)4-10(14)13(11)20-7-12-15-8-16-17(12)2/h4-6,8H,3,7H2,1-2H3. The first-order chi connectivity index (χ1) is 9.65. The molecule has 0 radical (unpaired) electrons. The third kappa shape index (κ3) is 3.16. The maximum atomic E-state index is 10.9. The van der Waals surface area contributed by atoms with Crippen LogP contribution >= 0.6 is 15.9 Å². The van der Waals surface area contributed by atoms with Gasteiger partial charge in [-0.1, -0.05) is 0 Å². The van der Waals surface area contributed by atoms with Crippen LogP contribution in [0, 0.1) is 0 Å². The van der Waals surface area contributed by atoms with Gasteiger partial charge in [-0.05, 0) is 35.0 Å². The Morgan fingerprint density at radius 1 is 1.40 bits per heavy atom.